The molecule has 2 heterocycles. The van der Waals surface area contributed by atoms with Gasteiger partial charge in [0.15, 0.2) is 11.6 Å². The molecular weight excluding hydrogens is 563 g/mol. The number of pyridine rings is 1. The van der Waals surface area contributed by atoms with Gasteiger partial charge < -0.3 is 15.0 Å². The maximum absolute atomic E-state index is 13.7. The average Bonchev–Trinajstić information content (AvgIpc) is 2.83. The van der Waals surface area contributed by atoms with Crippen molar-refractivity contribution >= 4 is 68.3 Å². The number of halogens is 3. The fourth-order valence-electron chi connectivity index (χ4n) is 3.65. The minimum Gasteiger partial charge on any atom is -0.483 e. The van der Waals surface area contributed by atoms with Crippen molar-refractivity contribution in [2.75, 3.05) is 29.8 Å². The van der Waals surface area contributed by atoms with E-state index in [1.165, 1.54) is 54.3 Å². The van der Waals surface area contributed by atoms with Crippen LogP contribution in [0.1, 0.15) is 17.3 Å². The molecule has 0 aliphatic carbocycles. The number of anilines is 2. The molecule has 0 saturated heterocycles. The summed E-state index contributed by atoms with van der Waals surface area (Å²) in [6.07, 6.45) is -0.681. The van der Waals surface area contributed by atoms with Crippen LogP contribution in [-0.2, 0) is 14.8 Å². The van der Waals surface area contributed by atoms with E-state index in [4.69, 9.17) is 39.5 Å². The number of benzene rings is 2. The molecule has 1 N–H and O–H groups in total. The molecule has 4 rings (SSSR count). The summed E-state index contributed by atoms with van der Waals surface area (Å²) in [5, 5.41) is 3.14. The van der Waals surface area contributed by atoms with Crippen LogP contribution in [0.25, 0.3) is 0 Å². The zero-order valence-corrected chi connectivity index (χ0v) is 22.7. The van der Waals surface area contributed by atoms with Crippen molar-refractivity contribution in [3.63, 3.8) is 0 Å². The maximum atomic E-state index is 13.7. The molecule has 1 atom stereocenters. The first-order valence-electron chi connectivity index (χ1n) is 10.9. The quantitative estimate of drug-likeness (QED) is 0.450. The van der Waals surface area contributed by atoms with E-state index < -0.39 is 22.0 Å². The molecule has 0 saturated carbocycles. The first-order valence-corrected chi connectivity index (χ1v) is 13.5. The van der Waals surface area contributed by atoms with Crippen LogP contribution < -0.4 is 14.4 Å². The predicted octanol–water partition coefficient (Wildman–Crippen LogP) is 4.73. The fourth-order valence-corrected chi connectivity index (χ4v) is 5.98. The van der Waals surface area contributed by atoms with Crippen molar-refractivity contribution in [2.45, 2.75) is 17.9 Å². The SMILES string of the molecule is CC(=O)N(C)CC1CN(S(=O)(=O)c2cccc(Cl)c2)c2nc(NC(=O)c3c(Cl)cccc3Cl)ccc2O1. The van der Waals surface area contributed by atoms with Crippen LogP contribution in [0.3, 0.4) is 0 Å². The third-order valence-corrected chi connectivity index (χ3v) is 8.19. The first-order chi connectivity index (χ1) is 17.5. The Balaban J connectivity index is 1.73. The maximum Gasteiger partial charge on any atom is 0.265 e. The third-order valence-electron chi connectivity index (χ3n) is 5.57. The number of nitrogens with zero attached hydrogens (tertiary/aromatic N) is 3. The van der Waals surface area contributed by atoms with Gasteiger partial charge in [-0.25, -0.2) is 17.7 Å². The zero-order valence-electron chi connectivity index (χ0n) is 19.6. The van der Waals surface area contributed by atoms with Gasteiger partial charge in [-0.05, 0) is 42.5 Å². The molecule has 194 valence electrons. The summed E-state index contributed by atoms with van der Waals surface area (Å²) in [5.41, 5.74) is 0.0531. The Hall–Kier alpha value is -3.05. The van der Waals surface area contributed by atoms with Gasteiger partial charge in [0, 0.05) is 19.0 Å². The molecule has 9 nitrogen and oxygen atoms in total. The number of sulfonamides is 1. The molecule has 3 aromatic rings. The van der Waals surface area contributed by atoms with E-state index in [0.717, 1.165) is 4.31 Å². The number of hydrogen-bond acceptors (Lipinski definition) is 6. The topological polar surface area (TPSA) is 109 Å². The van der Waals surface area contributed by atoms with Crippen molar-refractivity contribution in [1.82, 2.24) is 9.88 Å². The summed E-state index contributed by atoms with van der Waals surface area (Å²) >= 11 is 18.3. The summed E-state index contributed by atoms with van der Waals surface area (Å²) in [4.78, 5) is 30.4. The number of rotatable bonds is 6. The van der Waals surface area contributed by atoms with Gasteiger partial charge in [-0.2, -0.15) is 0 Å². The van der Waals surface area contributed by atoms with Gasteiger partial charge in [-0.3, -0.25) is 9.59 Å². The Kier molecular flexibility index (Phi) is 7.84. The average molecular weight is 584 g/mol. The normalized spacial score (nSPS) is 14.9. The molecule has 1 aromatic heterocycles. The van der Waals surface area contributed by atoms with Crippen molar-refractivity contribution in [3.8, 4) is 5.75 Å². The molecule has 1 aliphatic rings. The Bertz CT molecular complexity index is 1460. The largest absolute Gasteiger partial charge is 0.483 e. The number of ether oxygens (including phenoxy) is 1. The number of likely N-dealkylation sites (N-methyl/N-ethyl adjacent to an activating group) is 1. The Morgan fingerprint density at radius 1 is 1.11 bits per heavy atom. The summed E-state index contributed by atoms with van der Waals surface area (Å²) in [7, 11) is -2.56. The van der Waals surface area contributed by atoms with E-state index in [1.54, 1.807) is 19.2 Å². The second-order valence-corrected chi connectivity index (χ2v) is 11.3. The zero-order chi connectivity index (χ0) is 26.9. The summed E-state index contributed by atoms with van der Waals surface area (Å²) in [6.45, 7) is 1.40. The molecular formula is C24H21Cl3N4O5S. The van der Waals surface area contributed by atoms with Crippen LogP contribution in [0.4, 0.5) is 11.6 Å². The van der Waals surface area contributed by atoms with Crippen molar-refractivity contribution in [2.24, 2.45) is 0 Å². The third kappa shape index (κ3) is 5.77. The highest BCUT2D eigenvalue weighted by atomic mass is 35.5. The number of carbonyl (C=O) groups excluding carboxylic acids is 2. The molecule has 0 fully saturated rings. The van der Waals surface area contributed by atoms with Gasteiger partial charge in [0.1, 0.15) is 11.9 Å². The first kappa shape index (κ1) is 27.0. The number of nitrogens with one attached hydrogen (secondary N) is 1. The smallest absolute Gasteiger partial charge is 0.265 e. The Morgan fingerprint density at radius 3 is 2.43 bits per heavy atom. The van der Waals surface area contributed by atoms with Crippen LogP contribution in [0.5, 0.6) is 5.75 Å². The summed E-state index contributed by atoms with van der Waals surface area (Å²) in [6, 6.07) is 13.4. The fraction of sp³-hybridized carbons (Fsp3) is 0.208. The minimum absolute atomic E-state index is 0.0373. The van der Waals surface area contributed by atoms with Gasteiger partial charge in [-0.15, -0.1) is 0 Å². The van der Waals surface area contributed by atoms with Gasteiger partial charge in [0.2, 0.25) is 5.91 Å². The van der Waals surface area contributed by atoms with Crippen LogP contribution in [0.15, 0.2) is 59.5 Å². The van der Waals surface area contributed by atoms with Crippen LogP contribution >= 0.6 is 34.8 Å². The van der Waals surface area contributed by atoms with Crippen LogP contribution in [-0.4, -0.2) is 56.4 Å². The molecule has 0 radical (unpaired) electrons. The standard InChI is InChI=1S/C24H21Cl3N4O5S/c1-14(32)30(2)12-16-13-31(37(34,35)17-6-3-5-15(25)11-17)23-20(36-16)9-10-21(28-23)29-24(33)22-18(26)7-4-8-19(22)27/h3-11,16H,12-13H2,1-2H3,(H,28,29,33). The lowest BCUT2D eigenvalue weighted by Crippen LogP contribution is -2.48. The van der Waals surface area contributed by atoms with Gasteiger partial charge in [0.05, 0.1) is 33.6 Å². The minimum atomic E-state index is -4.15. The highest BCUT2D eigenvalue weighted by molar-refractivity contribution is 7.92. The number of amides is 2. The van der Waals surface area contributed by atoms with E-state index in [-0.39, 0.29) is 61.9 Å². The molecule has 1 unspecified atom stereocenters. The highest BCUT2D eigenvalue weighted by Crippen LogP contribution is 2.37. The van der Waals surface area contributed by atoms with Crippen molar-refractivity contribution in [1.29, 1.82) is 0 Å². The number of carbonyl (C=O) groups is 2. The van der Waals surface area contributed by atoms with Crippen molar-refractivity contribution in [3.05, 3.63) is 75.2 Å². The van der Waals surface area contributed by atoms with E-state index >= 15 is 0 Å². The van der Waals surface area contributed by atoms with E-state index in [9.17, 15) is 18.0 Å². The lowest BCUT2D eigenvalue weighted by molar-refractivity contribution is -0.128. The van der Waals surface area contributed by atoms with Gasteiger partial charge in [-0.1, -0.05) is 46.9 Å². The second-order valence-electron chi connectivity index (χ2n) is 8.20. The number of hydrogen-bond donors (Lipinski definition) is 1. The Morgan fingerprint density at radius 2 is 1.78 bits per heavy atom. The van der Waals surface area contributed by atoms with E-state index in [2.05, 4.69) is 10.3 Å². The van der Waals surface area contributed by atoms with E-state index in [0.29, 0.717) is 0 Å². The monoisotopic (exact) mass is 582 g/mol. The van der Waals surface area contributed by atoms with Gasteiger partial charge in [0.25, 0.3) is 15.9 Å². The number of aromatic nitrogens is 1. The Labute approximate surface area is 228 Å². The number of fused-ring (bicyclic) bond motifs is 1. The molecule has 0 spiro atoms. The summed E-state index contributed by atoms with van der Waals surface area (Å²) < 4.78 is 34.4. The van der Waals surface area contributed by atoms with E-state index in [1.807, 2.05) is 0 Å². The van der Waals surface area contributed by atoms with Crippen LogP contribution in [0.2, 0.25) is 15.1 Å². The molecule has 13 heteroatoms. The lowest BCUT2D eigenvalue weighted by atomic mass is 10.2. The summed E-state index contributed by atoms with van der Waals surface area (Å²) in [5.74, 6) is -0.649. The molecule has 2 amide bonds. The second kappa shape index (κ2) is 10.7. The molecule has 1 aliphatic heterocycles. The highest BCUT2D eigenvalue weighted by Gasteiger charge is 2.37. The molecule has 0 bridgehead atoms. The van der Waals surface area contributed by atoms with Crippen LogP contribution in [0, 0.1) is 0 Å². The lowest BCUT2D eigenvalue weighted by Gasteiger charge is -2.36. The van der Waals surface area contributed by atoms with Crippen molar-refractivity contribution < 1.29 is 22.7 Å². The molecule has 37 heavy (non-hydrogen) atoms. The van der Waals surface area contributed by atoms with Gasteiger partial charge >= 0.3 is 0 Å². The molecule has 2 aromatic carbocycles. The predicted molar refractivity (Wildman–Crippen MR) is 142 cm³/mol.